The predicted molar refractivity (Wildman–Crippen MR) is 159 cm³/mol. The van der Waals surface area contributed by atoms with Gasteiger partial charge in [-0.3, -0.25) is 9.69 Å². The molecular formula is C32H36ClN3OS. The Hall–Kier alpha value is -2.99. The van der Waals surface area contributed by atoms with Crippen molar-refractivity contribution < 1.29 is 4.79 Å². The lowest BCUT2D eigenvalue weighted by molar-refractivity contribution is 0.0947. The number of aromatic nitrogens is 1. The van der Waals surface area contributed by atoms with Crippen LogP contribution >= 0.6 is 22.9 Å². The number of hydrogen-bond donors (Lipinski definition) is 1. The van der Waals surface area contributed by atoms with Gasteiger partial charge in [-0.1, -0.05) is 98.2 Å². The SMILES string of the molecule is CC(C)CCNC(=O)c1csc(CN(CCC(c2ccccc2)c2ccccc2)Cc2cccc(Cl)c2)n1. The number of benzene rings is 3. The minimum Gasteiger partial charge on any atom is -0.351 e. The molecule has 0 spiro atoms. The molecule has 0 saturated carbocycles. The Balaban J connectivity index is 1.50. The summed E-state index contributed by atoms with van der Waals surface area (Å²) < 4.78 is 0. The fourth-order valence-electron chi connectivity index (χ4n) is 4.56. The minimum absolute atomic E-state index is 0.0947. The van der Waals surface area contributed by atoms with Gasteiger partial charge < -0.3 is 5.32 Å². The first kappa shape index (κ1) is 28.0. The lowest BCUT2D eigenvalue weighted by Gasteiger charge is -2.25. The Morgan fingerprint density at radius 2 is 1.61 bits per heavy atom. The quantitative estimate of drug-likeness (QED) is 0.186. The van der Waals surface area contributed by atoms with Crippen LogP contribution in [0, 0.1) is 5.92 Å². The Morgan fingerprint density at radius 1 is 0.921 bits per heavy atom. The largest absolute Gasteiger partial charge is 0.351 e. The van der Waals surface area contributed by atoms with Gasteiger partial charge in [-0.25, -0.2) is 4.98 Å². The van der Waals surface area contributed by atoms with Crippen molar-refractivity contribution in [2.75, 3.05) is 13.1 Å². The van der Waals surface area contributed by atoms with Gasteiger partial charge in [0.2, 0.25) is 0 Å². The van der Waals surface area contributed by atoms with E-state index in [4.69, 9.17) is 11.6 Å². The summed E-state index contributed by atoms with van der Waals surface area (Å²) in [5.74, 6) is 0.748. The molecule has 0 radical (unpaired) electrons. The van der Waals surface area contributed by atoms with Crippen LogP contribution in [0.4, 0.5) is 0 Å². The fourth-order valence-corrected chi connectivity index (χ4v) is 5.59. The highest BCUT2D eigenvalue weighted by molar-refractivity contribution is 7.09. The second-order valence-corrected chi connectivity index (χ2v) is 11.4. The third-order valence-corrected chi connectivity index (χ3v) is 7.65. The van der Waals surface area contributed by atoms with E-state index in [0.29, 0.717) is 24.7 Å². The average molecular weight is 546 g/mol. The molecule has 0 aliphatic rings. The molecule has 0 bridgehead atoms. The van der Waals surface area contributed by atoms with E-state index in [0.717, 1.165) is 41.5 Å². The van der Waals surface area contributed by atoms with Crippen LogP contribution in [0.3, 0.4) is 0 Å². The van der Waals surface area contributed by atoms with Crippen molar-refractivity contribution in [3.05, 3.63) is 123 Å². The molecule has 4 nitrogen and oxygen atoms in total. The van der Waals surface area contributed by atoms with Crippen molar-refractivity contribution in [1.29, 1.82) is 0 Å². The van der Waals surface area contributed by atoms with E-state index in [-0.39, 0.29) is 11.8 Å². The number of nitrogens with one attached hydrogen (secondary N) is 1. The number of carbonyl (C=O) groups is 1. The lowest BCUT2D eigenvalue weighted by atomic mass is 9.88. The number of thiazole rings is 1. The molecule has 4 aromatic rings. The summed E-state index contributed by atoms with van der Waals surface area (Å²) in [6.45, 7) is 7.28. The number of carbonyl (C=O) groups excluding carboxylic acids is 1. The van der Waals surface area contributed by atoms with Gasteiger partial charge in [0.1, 0.15) is 10.7 Å². The zero-order chi connectivity index (χ0) is 26.7. The van der Waals surface area contributed by atoms with Crippen molar-refractivity contribution in [1.82, 2.24) is 15.2 Å². The first-order chi connectivity index (χ1) is 18.5. The van der Waals surface area contributed by atoms with Gasteiger partial charge in [0.05, 0.1) is 6.54 Å². The maximum absolute atomic E-state index is 12.6. The molecule has 1 aromatic heterocycles. The maximum atomic E-state index is 12.6. The average Bonchev–Trinajstić information content (AvgIpc) is 3.38. The number of nitrogens with zero attached hydrogens (tertiary/aromatic N) is 2. The van der Waals surface area contributed by atoms with E-state index >= 15 is 0 Å². The van der Waals surface area contributed by atoms with Crippen LogP contribution in [0.1, 0.15) is 64.8 Å². The van der Waals surface area contributed by atoms with Crippen LogP contribution < -0.4 is 5.32 Å². The van der Waals surface area contributed by atoms with Crippen LogP contribution in [0.15, 0.2) is 90.3 Å². The van der Waals surface area contributed by atoms with Crippen LogP contribution in [-0.4, -0.2) is 28.9 Å². The number of halogens is 1. The highest BCUT2D eigenvalue weighted by Crippen LogP contribution is 2.29. The summed E-state index contributed by atoms with van der Waals surface area (Å²) in [6, 6.07) is 29.5. The van der Waals surface area contributed by atoms with Gasteiger partial charge in [0, 0.05) is 29.4 Å². The van der Waals surface area contributed by atoms with Gasteiger partial charge >= 0.3 is 0 Å². The number of hydrogen-bond acceptors (Lipinski definition) is 4. The van der Waals surface area contributed by atoms with E-state index in [1.54, 1.807) is 11.3 Å². The van der Waals surface area contributed by atoms with Crippen molar-refractivity contribution in [3.8, 4) is 0 Å². The summed E-state index contributed by atoms with van der Waals surface area (Å²) in [7, 11) is 0. The summed E-state index contributed by atoms with van der Waals surface area (Å²) in [6.07, 6.45) is 1.92. The Morgan fingerprint density at radius 3 is 2.24 bits per heavy atom. The highest BCUT2D eigenvalue weighted by Gasteiger charge is 2.18. The van der Waals surface area contributed by atoms with Crippen LogP contribution in [0.5, 0.6) is 0 Å². The summed E-state index contributed by atoms with van der Waals surface area (Å²) in [5.41, 5.74) is 4.30. The Kier molecular flexibility index (Phi) is 10.5. The van der Waals surface area contributed by atoms with Crippen molar-refractivity contribution in [2.45, 2.75) is 45.7 Å². The molecule has 0 aliphatic carbocycles. The summed E-state index contributed by atoms with van der Waals surface area (Å²) >= 11 is 7.85. The van der Waals surface area contributed by atoms with E-state index in [1.165, 1.54) is 11.1 Å². The van der Waals surface area contributed by atoms with E-state index in [9.17, 15) is 4.79 Å². The van der Waals surface area contributed by atoms with Gasteiger partial charge in [-0.05, 0) is 54.1 Å². The van der Waals surface area contributed by atoms with Crippen molar-refractivity contribution in [2.24, 2.45) is 5.92 Å². The third-order valence-electron chi connectivity index (χ3n) is 6.58. The normalized spacial score (nSPS) is 11.4. The van der Waals surface area contributed by atoms with Gasteiger partial charge in [0.25, 0.3) is 5.91 Å². The highest BCUT2D eigenvalue weighted by atomic mass is 35.5. The maximum Gasteiger partial charge on any atom is 0.270 e. The molecule has 1 N–H and O–H groups in total. The monoisotopic (exact) mass is 545 g/mol. The van der Waals surface area contributed by atoms with Crippen molar-refractivity contribution >= 4 is 28.8 Å². The molecule has 0 unspecified atom stereocenters. The zero-order valence-electron chi connectivity index (χ0n) is 22.1. The topological polar surface area (TPSA) is 45.2 Å². The predicted octanol–water partition coefficient (Wildman–Crippen LogP) is 7.80. The van der Waals surface area contributed by atoms with E-state index in [1.807, 2.05) is 23.6 Å². The van der Waals surface area contributed by atoms with Gasteiger partial charge in [0.15, 0.2) is 0 Å². The van der Waals surface area contributed by atoms with Crippen molar-refractivity contribution in [3.63, 3.8) is 0 Å². The smallest absolute Gasteiger partial charge is 0.270 e. The molecule has 6 heteroatoms. The molecule has 198 valence electrons. The standard InChI is InChI=1S/C32H36ClN3OS/c1-24(2)16-18-34-32(37)30-23-38-31(35-30)22-36(21-25-10-9-15-28(33)20-25)19-17-29(26-11-5-3-6-12-26)27-13-7-4-8-14-27/h3-15,20,23-24,29H,16-19,21-22H2,1-2H3,(H,34,37). The minimum atomic E-state index is -0.0947. The number of rotatable bonds is 13. The molecule has 38 heavy (non-hydrogen) atoms. The lowest BCUT2D eigenvalue weighted by Crippen LogP contribution is -2.27. The van der Waals surface area contributed by atoms with Crippen LogP contribution in [0.25, 0.3) is 0 Å². The molecule has 0 atom stereocenters. The second kappa shape index (κ2) is 14.2. The summed E-state index contributed by atoms with van der Waals surface area (Å²) in [5, 5.41) is 6.55. The molecular weight excluding hydrogens is 510 g/mol. The third kappa shape index (κ3) is 8.52. The molecule has 4 rings (SSSR count). The molecule has 0 saturated heterocycles. The summed E-state index contributed by atoms with van der Waals surface area (Å²) in [4.78, 5) is 19.7. The first-order valence-corrected chi connectivity index (χ1v) is 14.5. The Bertz CT molecular complexity index is 1240. The molecule has 1 amide bonds. The molecule has 3 aromatic carbocycles. The second-order valence-electron chi connectivity index (χ2n) is 10.1. The number of amides is 1. The molecule has 1 heterocycles. The molecule has 0 aliphatic heterocycles. The van der Waals surface area contributed by atoms with Crippen LogP contribution in [-0.2, 0) is 13.1 Å². The zero-order valence-corrected chi connectivity index (χ0v) is 23.7. The van der Waals surface area contributed by atoms with Crippen LogP contribution in [0.2, 0.25) is 5.02 Å². The van der Waals surface area contributed by atoms with E-state index < -0.39 is 0 Å². The van der Waals surface area contributed by atoms with Gasteiger partial charge in [-0.2, -0.15) is 0 Å². The van der Waals surface area contributed by atoms with Gasteiger partial charge in [-0.15, -0.1) is 11.3 Å². The molecule has 0 fully saturated rings. The van der Waals surface area contributed by atoms with E-state index in [2.05, 4.69) is 95.8 Å². The Labute approximate surface area is 235 Å². The first-order valence-electron chi connectivity index (χ1n) is 13.3. The fraction of sp³-hybridized carbons (Fsp3) is 0.312.